The van der Waals surface area contributed by atoms with Crippen LogP contribution in [-0.2, 0) is 4.79 Å². The topological polar surface area (TPSA) is 43.1 Å². The van der Waals surface area contributed by atoms with Crippen molar-refractivity contribution in [2.75, 3.05) is 0 Å². The Labute approximate surface area is 88.3 Å². The summed E-state index contributed by atoms with van der Waals surface area (Å²) in [4.78, 5) is 11.0. The van der Waals surface area contributed by atoms with Crippen molar-refractivity contribution in [1.82, 2.24) is 0 Å². The summed E-state index contributed by atoms with van der Waals surface area (Å²) in [5.74, 6) is 0.392. The van der Waals surface area contributed by atoms with Crippen LogP contribution in [0.5, 0.6) is 0 Å². The van der Waals surface area contributed by atoms with Gasteiger partial charge in [-0.1, -0.05) is 33.1 Å². The smallest absolute Gasteiger partial charge is 0.132 e. The van der Waals surface area contributed by atoms with Crippen LogP contribution in [0.1, 0.15) is 65.2 Å². The molecule has 0 saturated carbocycles. The zero-order chi connectivity index (χ0) is 10.8. The first-order valence-electron chi connectivity index (χ1n) is 5.98. The molecular weight excluding hydrogens is 174 g/mol. The number of hydrogen-bond acceptors (Lipinski definition) is 2. The summed E-state index contributed by atoms with van der Waals surface area (Å²) in [5, 5.41) is 0. The number of carbonyl (C=O) groups excluding carboxylic acids is 1. The largest absolute Gasteiger partial charge is 0.328 e. The maximum absolute atomic E-state index is 11.0. The quantitative estimate of drug-likeness (QED) is 0.580. The number of carbonyl (C=O) groups is 1. The predicted molar refractivity (Wildman–Crippen MR) is 61.3 cm³/mol. The monoisotopic (exact) mass is 199 g/mol. The molecule has 0 aromatic carbocycles. The van der Waals surface area contributed by atoms with Crippen LogP contribution in [0.4, 0.5) is 0 Å². The van der Waals surface area contributed by atoms with Crippen molar-refractivity contribution >= 4 is 5.78 Å². The molecule has 0 aromatic heterocycles. The molecule has 0 aromatic rings. The molecule has 0 rings (SSSR count). The molecule has 2 N–H and O–H groups in total. The average Bonchev–Trinajstić information content (AvgIpc) is 2.17. The van der Waals surface area contributed by atoms with Gasteiger partial charge in [0.05, 0.1) is 0 Å². The molecule has 2 heteroatoms. The molecule has 0 radical (unpaired) electrons. The number of Topliss-reactive ketones (excluding diaryl/α,β-unsaturated/α-hetero) is 1. The second-order valence-corrected chi connectivity index (χ2v) is 4.04. The van der Waals surface area contributed by atoms with Gasteiger partial charge in [-0.05, 0) is 19.3 Å². The van der Waals surface area contributed by atoms with Gasteiger partial charge in [0.2, 0.25) is 0 Å². The highest BCUT2D eigenvalue weighted by Crippen LogP contribution is 2.08. The van der Waals surface area contributed by atoms with Crippen molar-refractivity contribution in [3.8, 4) is 0 Å². The highest BCUT2D eigenvalue weighted by Gasteiger charge is 2.01. The molecule has 0 saturated heterocycles. The summed E-state index contributed by atoms with van der Waals surface area (Å²) in [7, 11) is 0. The first-order valence-corrected chi connectivity index (χ1v) is 5.98. The van der Waals surface area contributed by atoms with E-state index in [2.05, 4.69) is 6.92 Å². The molecule has 1 unspecified atom stereocenters. The van der Waals surface area contributed by atoms with Crippen LogP contribution >= 0.6 is 0 Å². The van der Waals surface area contributed by atoms with Crippen molar-refractivity contribution < 1.29 is 4.79 Å². The van der Waals surface area contributed by atoms with Gasteiger partial charge in [0, 0.05) is 18.9 Å². The number of rotatable bonds is 9. The summed E-state index contributed by atoms with van der Waals surface area (Å²) in [5.41, 5.74) is 5.89. The molecule has 0 amide bonds. The van der Waals surface area contributed by atoms with Crippen molar-refractivity contribution in [3.63, 3.8) is 0 Å². The maximum Gasteiger partial charge on any atom is 0.132 e. The summed E-state index contributed by atoms with van der Waals surface area (Å²) >= 11 is 0. The lowest BCUT2D eigenvalue weighted by atomic mass is 10.0. The van der Waals surface area contributed by atoms with Crippen LogP contribution < -0.4 is 5.73 Å². The Balaban J connectivity index is 3.17. The van der Waals surface area contributed by atoms with E-state index in [9.17, 15) is 4.79 Å². The van der Waals surface area contributed by atoms with Gasteiger partial charge in [0.1, 0.15) is 5.78 Å². The van der Waals surface area contributed by atoms with E-state index < -0.39 is 0 Å². The third-order valence-corrected chi connectivity index (χ3v) is 2.58. The molecule has 84 valence electrons. The van der Waals surface area contributed by atoms with Gasteiger partial charge < -0.3 is 5.73 Å². The van der Waals surface area contributed by atoms with Crippen LogP contribution in [0.15, 0.2) is 0 Å². The summed E-state index contributed by atoms with van der Waals surface area (Å²) in [6.45, 7) is 4.10. The van der Waals surface area contributed by atoms with Crippen molar-refractivity contribution in [1.29, 1.82) is 0 Å². The molecule has 0 aliphatic heterocycles. The van der Waals surface area contributed by atoms with E-state index in [1.165, 1.54) is 12.8 Å². The fourth-order valence-electron chi connectivity index (χ4n) is 1.60. The molecular formula is C12H25NO. The van der Waals surface area contributed by atoms with Crippen LogP contribution in [-0.4, -0.2) is 11.8 Å². The van der Waals surface area contributed by atoms with Crippen LogP contribution in [0.2, 0.25) is 0 Å². The summed E-state index contributed by atoms with van der Waals surface area (Å²) in [6.07, 6.45) is 8.26. The zero-order valence-corrected chi connectivity index (χ0v) is 9.72. The predicted octanol–water partition coefficient (Wildman–Crippen LogP) is 3.04. The van der Waals surface area contributed by atoms with Crippen molar-refractivity contribution in [2.24, 2.45) is 5.73 Å². The Morgan fingerprint density at radius 2 is 1.86 bits per heavy atom. The zero-order valence-electron chi connectivity index (χ0n) is 9.72. The molecule has 14 heavy (non-hydrogen) atoms. The minimum absolute atomic E-state index is 0.377. The molecule has 0 bridgehead atoms. The van der Waals surface area contributed by atoms with Crippen LogP contribution in [0.25, 0.3) is 0 Å². The van der Waals surface area contributed by atoms with E-state index >= 15 is 0 Å². The second-order valence-electron chi connectivity index (χ2n) is 4.04. The van der Waals surface area contributed by atoms with E-state index in [0.29, 0.717) is 18.2 Å². The lowest BCUT2D eigenvalue weighted by Gasteiger charge is -2.09. The second kappa shape index (κ2) is 9.20. The fourth-order valence-corrected chi connectivity index (χ4v) is 1.60. The third kappa shape index (κ3) is 8.24. The lowest BCUT2D eigenvalue weighted by Crippen LogP contribution is -2.18. The Bertz CT molecular complexity index is 145. The van der Waals surface area contributed by atoms with E-state index in [1.807, 2.05) is 6.92 Å². The van der Waals surface area contributed by atoms with Gasteiger partial charge in [0.25, 0.3) is 0 Å². The SMILES string of the molecule is CCCC(N)CCCCCC(=O)CC. The minimum Gasteiger partial charge on any atom is -0.328 e. The highest BCUT2D eigenvalue weighted by molar-refractivity contribution is 5.77. The molecule has 0 spiro atoms. The highest BCUT2D eigenvalue weighted by atomic mass is 16.1. The third-order valence-electron chi connectivity index (χ3n) is 2.58. The first kappa shape index (κ1) is 13.6. The van der Waals surface area contributed by atoms with Crippen LogP contribution in [0, 0.1) is 0 Å². The summed E-state index contributed by atoms with van der Waals surface area (Å²) in [6, 6.07) is 0.377. The van der Waals surface area contributed by atoms with E-state index in [-0.39, 0.29) is 0 Å². The van der Waals surface area contributed by atoms with E-state index in [0.717, 1.165) is 32.1 Å². The van der Waals surface area contributed by atoms with Gasteiger partial charge in [-0.2, -0.15) is 0 Å². The van der Waals surface area contributed by atoms with Gasteiger partial charge in [-0.25, -0.2) is 0 Å². The Hall–Kier alpha value is -0.370. The number of nitrogens with two attached hydrogens (primary N) is 1. The molecule has 0 fully saturated rings. The molecule has 2 nitrogen and oxygen atoms in total. The number of unbranched alkanes of at least 4 members (excludes halogenated alkanes) is 2. The minimum atomic E-state index is 0.377. The molecule has 0 aliphatic rings. The van der Waals surface area contributed by atoms with Crippen molar-refractivity contribution in [3.05, 3.63) is 0 Å². The van der Waals surface area contributed by atoms with Crippen LogP contribution in [0.3, 0.4) is 0 Å². The van der Waals surface area contributed by atoms with Crippen molar-refractivity contribution in [2.45, 2.75) is 71.3 Å². The van der Waals surface area contributed by atoms with Gasteiger partial charge in [0.15, 0.2) is 0 Å². The Morgan fingerprint density at radius 1 is 1.14 bits per heavy atom. The first-order chi connectivity index (χ1) is 6.70. The van der Waals surface area contributed by atoms with Gasteiger partial charge in [-0.15, -0.1) is 0 Å². The Morgan fingerprint density at radius 3 is 2.43 bits per heavy atom. The fraction of sp³-hybridized carbons (Fsp3) is 0.917. The number of ketones is 1. The standard InChI is InChI=1S/C12H25NO/c1-3-8-11(13)9-6-5-7-10-12(14)4-2/h11H,3-10,13H2,1-2H3. The van der Waals surface area contributed by atoms with E-state index in [4.69, 9.17) is 5.73 Å². The normalized spacial score (nSPS) is 12.8. The molecule has 1 atom stereocenters. The average molecular weight is 199 g/mol. The summed E-state index contributed by atoms with van der Waals surface area (Å²) < 4.78 is 0. The molecule has 0 aliphatic carbocycles. The number of hydrogen-bond donors (Lipinski definition) is 1. The van der Waals surface area contributed by atoms with E-state index in [1.54, 1.807) is 0 Å². The van der Waals surface area contributed by atoms with Gasteiger partial charge >= 0.3 is 0 Å². The molecule has 0 heterocycles. The Kier molecular flexibility index (Phi) is 8.95. The van der Waals surface area contributed by atoms with Gasteiger partial charge in [-0.3, -0.25) is 4.79 Å². The lowest BCUT2D eigenvalue weighted by molar-refractivity contribution is -0.118. The maximum atomic E-state index is 11.0.